The van der Waals surface area contributed by atoms with Gasteiger partial charge in [0.05, 0.1) is 0 Å². The second-order valence-corrected chi connectivity index (χ2v) is 22.4. The van der Waals surface area contributed by atoms with E-state index in [0.29, 0.717) is 19.3 Å². The molecule has 1 atom stereocenters. The quantitative estimate of drug-likeness (QED) is 0.0261. The number of unbranched alkanes of at least 4 members (excludes halogenated alkanes) is 32. The Bertz CT molecular complexity index is 1610. The summed E-state index contributed by atoms with van der Waals surface area (Å²) in [6, 6.07) is 0. The molecule has 0 rings (SSSR count). The molecule has 6 nitrogen and oxygen atoms in total. The Hall–Kier alpha value is -3.93. The minimum atomic E-state index is -0.818. The topological polar surface area (TPSA) is 78.9 Å². The van der Waals surface area contributed by atoms with Crippen molar-refractivity contribution in [3.8, 4) is 0 Å². The molecule has 0 aliphatic heterocycles. The molecule has 6 heteroatoms. The van der Waals surface area contributed by atoms with E-state index in [1.54, 1.807) is 0 Å². The molecule has 0 heterocycles. The number of hydrogen-bond acceptors (Lipinski definition) is 6. The van der Waals surface area contributed by atoms with E-state index in [-0.39, 0.29) is 37.5 Å². The summed E-state index contributed by atoms with van der Waals surface area (Å²) in [7, 11) is 0. The third-order valence-electron chi connectivity index (χ3n) is 14.5. The summed E-state index contributed by atoms with van der Waals surface area (Å²) >= 11 is 0. The average Bonchev–Trinajstić information content (AvgIpc) is 3.46. The third kappa shape index (κ3) is 64.9. The van der Waals surface area contributed by atoms with E-state index in [1.165, 1.54) is 186 Å². The number of hydrogen-bond donors (Lipinski definition) is 0. The maximum atomic E-state index is 12.9. The van der Waals surface area contributed by atoms with E-state index in [9.17, 15) is 14.4 Å². The van der Waals surface area contributed by atoms with Crippen LogP contribution in [-0.2, 0) is 28.6 Å². The fraction of sp³-hybridized carbons (Fsp3) is 0.716. The smallest absolute Gasteiger partial charge is 0.306 e. The van der Waals surface area contributed by atoms with Crippen molar-refractivity contribution in [1.82, 2.24) is 0 Å². The minimum Gasteiger partial charge on any atom is -0.462 e. The van der Waals surface area contributed by atoms with Crippen LogP contribution in [0.25, 0.3) is 0 Å². The lowest BCUT2D eigenvalue weighted by Gasteiger charge is -2.18. The largest absolute Gasteiger partial charge is 0.462 e. The average molecular weight is 1110 g/mol. The summed E-state index contributed by atoms with van der Waals surface area (Å²) in [4.78, 5) is 38.3. The van der Waals surface area contributed by atoms with Crippen molar-refractivity contribution in [2.75, 3.05) is 13.2 Å². The second-order valence-electron chi connectivity index (χ2n) is 22.4. The zero-order valence-electron chi connectivity index (χ0n) is 52.6. The molecule has 0 saturated heterocycles. The van der Waals surface area contributed by atoms with Crippen LogP contribution in [0.2, 0.25) is 0 Å². The van der Waals surface area contributed by atoms with Crippen LogP contribution in [-0.4, -0.2) is 37.2 Å². The van der Waals surface area contributed by atoms with Gasteiger partial charge in [0, 0.05) is 19.3 Å². The van der Waals surface area contributed by atoms with Crippen molar-refractivity contribution < 1.29 is 28.6 Å². The van der Waals surface area contributed by atoms with Gasteiger partial charge >= 0.3 is 17.9 Å². The number of rotatable bonds is 61. The Kier molecular flexibility index (Phi) is 64.3. The minimum absolute atomic E-state index is 0.106. The molecule has 0 bridgehead atoms. The van der Waals surface area contributed by atoms with Crippen molar-refractivity contribution in [2.45, 2.75) is 329 Å². The van der Waals surface area contributed by atoms with E-state index in [0.717, 1.165) is 89.9 Å². The maximum absolute atomic E-state index is 12.9. The Morgan fingerprint density at radius 2 is 0.512 bits per heavy atom. The molecule has 0 aromatic rings. The first-order valence-corrected chi connectivity index (χ1v) is 33.9. The van der Waals surface area contributed by atoms with Gasteiger partial charge in [-0.25, -0.2) is 0 Å². The van der Waals surface area contributed by atoms with E-state index in [2.05, 4.69) is 124 Å². The van der Waals surface area contributed by atoms with Gasteiger partial charge in [-0.15, -0.1) is 0 Å². The molecule has 80 heavy (non-hydrogen) atoms. The van der Waals surface area contributed by atoms with Gasteiger partial charge in [-0.05, 0) is 96.3 Å². The molecule has 1 unspecified atom stereocenters. The molecule has 0 aliphatic carbocycles. The monoisotopic (exact) mass is 1110 g/mol. The summed E-state index contributed by atoms with van der Waals surface area (Å²) in [6.45, 7) is 6.47. The maximum Gasteiger partial charge on any atom is 0.306 e. The molecule has 0 spiro atoms. The second kappa shape index (κ2) is 67.6. The van der Waals surface area contributed by atoms with Crippen LogP contribution in [0, 0.1) is 0 Å². The van der Waals surface area contributed by atoms with Gasteiger partial charge in [-0.1, -0.05) is 316 Å². The molecule has 458 valence electrons. The van der Waals surface area contributed by atoms with Gasteiger partial charge in [0.15, 0.2) is 6.10 Å². The van der Waals surface area contributed by atoms with Gasteiger partial charge in [-0.3, -0.25) is 14.4 Å². The van der Waals surface area contributed by atoms with Crippen LogP contribution in [0.3, 0.4) is 0 Å². The SMILES string of the molecule is CC/C=C\C/C=C\C/C=C\C/C=C\C/C=C\C/C=C\CCC(=O)OC(COC(=O)CCCCCCCCCCCCCC)COC(=O)CCCCCCCCCCCCCCCCCC/C=C\C/C=C\C/C=C\CCCCCCC. The lowest BCUT2D eigenvalue weighted by atomic mass is 10.0. The van der Waals surface area contributed by atoms with E-state index in [4.69, 9.17) is 14.2 Å². The Morgan fingerprint density at radius 1 is 0.263 bits per heavy atom. The highest BCUT2D eigenvalue weighted by molar-refractivity contribution is 5.71. The highest BCUT2D eigenvalue weighted by atomic mass is 16.6. The van der Waals surface area contributed by atoms with Crippen LogP contribution in [0.15, 0.2) is 109 Å². The van der Waals surface area contributed by atoms with Crippen LogP contribution in [0.5, 0.6) is 0 Å². The first-order chi connectivity index (χ1) is 39.5. The predicted molar refractivity (Wildman–Crippen MR) is 348 cm³/mol. The van der Waals surface area contributed by atoms with Gasteiger partial charge in [-0.2, -0.15) is 0 Å². The number of carbonyl (C=O) groups is 3. The molecule has 0 saturated carbocycles. The van der Waals surface area contributed by atoms with Crippen LogP contribution >= 0.6 is 0 Å². The number of esters is 3. The van der Waals surface area contributed by atoms with Crippen LogP contribution in [0.4, 0.5) is 0 Å². The molecule has 0 amide bonds. The van der Waals surface area contributed by atoms with Crippen molar-refractivity contribution in [1.29, 1.82) is 0 Å². The molecular weight excluding hydrogens is 985 g/mol. The summed E-state index contributed by atoms with van der Waals surface area (Å²) in [6.07, 6.45) is 92.7. The standard InChI is InChI=1S/C74H126O6/c1-4-7-10-13-16-19-22-25-27-29-31-32-33-34-35-36-37-38-39-40-41-42-44-45-47-49-52-55-58-61-64-67-73(76)79-70-71(69-78-72(75)66-63-60-57-54-51-24-21-18-15-12-9-6-3)80-74(77)68-65-62-59-56-53-50-48-46-43-30-28-26-23-20-17-14-11-8-5-2/h8,11,17,20,22,25-26,28-29,31,33-34,43,46,50,53,59,62,71H,4-7,9-10,12-16,18-19,21,23-24,27,30,32,35-42,44-45,47-49,51-52,54-58,60-61,63-70H2,1-3H3/b11-8-,20-17-,25-22-,28-26-,31-29-,34-33-,46-43-,53-50-,62-59-. The zero-order chi connectivity index (χ0) is 57.8. The predicted octanol–water partition coefficient (Wildman–Crippen LogP) is 23.4. The molecule has 0 fully saturated rings. The normalized spacial score (nSPS) is 12.8. The molecule has 0 radical (unpaired) electrons. The Balaban J connectivity index is 4.27. The summed E-state index contributed by atoms with van der Waals surface area (Å²) in [5.74, 6) is -0.981. The molecule has 0 aromatic heterocycles. The first-order valence-electron chi connectivity index (χ1n) is 33.9. The lowest BCUT2D eigenvalue weighted by Crippen LogP contribution is -2.30. The number of ether oxygens (including phenoxy) is 3. The van der Waals surface area contributed by atoms with Crippen molar-refractivity contribution >= 4 is 17.9 Å². The van der Waals surface area contributed by atoms with E-state index in [1.807, 2.05) is 6.08 Å². The Labute approximate surface area is 495 Å². The highest BCUT2D eigenvalue weighted by Crippen LogP contribution is 2.17. The molecule has 0 aromatic carbocycles. The van der Waals surface area contributed by atoms with Gasteiger partial charge in [0.1, 0.15) is 13.2 Å². The molecular formula is C74H126O6. The third-order valence-corrected chi connectivity index (χ3v) is 14.5. The highest BCUT2D eigenvalue weighted by Gasteiger charge is 2.19. The number of allylic oxidation sites excluding steroid dienone is 18. The summed E-state index contributed by atoms with van der Waals surface area (Å²) in [5, 5.41) is 0. The zero-order valence-corrected chi connectivity index (χ0v) is 52.6. The first kappa shape index (κ1) is 76.1. The molecule has 0 N–H and O–H groups in total. The van der Waals surface area contributed by atoms with Crippen molar-refractivity contribution in [3.63, 3.8) is 0 Å². The summed E-state index contributed by atoms with van der Waals surface area (Å²) < 4.78 is 16.9. The van der Waals surface area contributed by atoms with Gasteiger partial charge in [0.25, 0.3) is 0 Å². The van der Waals surface area contributed by atoms with E-state index < -0.39 is 6.10 Å². The fourth-order valence-electron chi connectivity index (χ4n) is 9.48. The fourth-order valence-corrected chi connectivity index (χ4v) is 9.48. The lowest BCUT2D eigenvalue weighted by molar-refractivity contribution is -0.166. The van der Waals surface area contributed by atoms with Gasteiger partial charge < -0.3 is 14.2 Å². The van der Waals surface area contributed by atoms with Crippen molar-refractivity contribution in [3.05, 3.63) is 109 Å². The molecule has 0 aliphatic rings. The Morgan fingerprint density at radius 3 is 0.812 bits per heavy atom. The van der Waals surface area contributed by atoms with E-state index >= 15 is 0 Å². The van der Waals surface area contributed by atoms with Crippen LogP contribution < -0.4 is 0 Å². The number of carbonyl (C=O) groups excluding carboxylic acids is 3. The summed E-state index contributed by atoms with van der Waals surface area (Å²) in [5.41, 5.74) is 0. The van der Waals surface area contributed by atoms with Gasteiger partial charge in [0.2, 0.25) is 0 Å². The van der Waals surface area contributed by atoms with Crippen LogP contribution in [0.1, 0.15) is 323 Å². The van der Waals surface area contributed by atoms with Crippen molar-refractivity contribution in [2.24, 2.45) is 0 Å².